The lowest BCUT2D eigenvalue weighted by atomic mass is 9.84. The molecule has 0 amide bonds. The second-order valence-electron chi connectivity index (χ2n) is 7.31. The molecule has 1 N–H and O–H groups in total. The fourth-order valence-electron chi connectivity index (χ4n) is 2.97. The molecule has 2 aromatic rings. The predicted octanol–water partition coefficient (Wildman–Crippen LogP) is 5.27. The van der Waals surface area contributed by atoms with Crippen LogP contribution in [0, 0.1) is 6.92 Å². The highest BCUT2D eigenvalue weighted by Gasteiger charge is 2.24. The van der Waals surface area contributed by atoms with E-state index in [4.69, 9.17) is 4.42 Å². The van der Waals surface area contributed by atoms with Crippen molar-refractivity contribution in [2.24, 2.45) is 0 Å². The van der Waals surface area contributed by atoms with Crippen LogP contribution >= 0.6 is 0 Å². The molecule has 0 radical (unpaired) electrons. The molecule has 0 aliphatic rings. The molecule has 116 valence electrons. The van der Waals surface area contributed by atoms with Gasteiger partial charge in [0.05, 0.1) is 6.54 Å². The molecular weight excluding hydrogens is 258 g/mol. The Bertz CT molecular complexity index is 629. The zero-order valence-electron chi connectivity index (χ0n) is 14.6. The van der Waals surface area contributed by atoms with Gasteiger partial charge in [-0.3, -0.25) is 0 Å². The average molecular weight is 287 g/mol. The Morgan fingerprint density at radius 3 is 2.38 bits per heavy atom. The summed E-state index contributed by atoms with van der Waals surface area (Å²) in [4.78, 5) is 0. The lowest BCUT2D eigenvalue weighted by molar-refractivity contribution is 0.497. The molecule has 0 fully saturated rings. The van der Waals surface area contributed by atoms with Crippen LogP contribution in [0.15, 0.2) is 16.5 Å². The highest BCUT2D eigenvalue weighted by molar-refractivity contribution is 5.87. The Labute approximate surface area is 128 Å². The molecular formula is C19H29NO. The molecule has 2 heteroatoms. The van der Waals surface area contributed by atoms with Gasteiger partial charge >= 0.3 is 0 Å². The quantitative estimate of drug-likeness (QED) is 0.828. The molecule has 0 aliphatic carbocycles. The molecule has 1 aromatic heterocycles. The van der Waals surface area contributed by atoms with Gasteiger partial charge in [-0.1, -0.05) is 47.6 Å². The van der Waals surface area contributed by atoms with Crippen LogP contribution in [0.1, 0.15) is 69.9 Å². The number of fused-ring (bicyclic) bond motifs is 1. The lowest BCUT2D eigenvalue weighted by Crippen LogP contribution is -2.12. The molecule has 1 heterocycles. The van der Waals surface area contributed by atoms with Gasteiger partial charge in [-0.15, -0.1) is 0 Å². The number of aryl methyl sites for hydroxylation is 1. The van der Waals surface area contributed by atoms with Crippen molar-refractivity contribution in [3.63, 3.8) is 0 Å². The smallest absolute Gasteiger partial charge is 0.138 e. The van der Waals surface area contributed by atoms with E-state index < -0.39 is 0 Å². The normalized spacial score (nSPS) is 12.6. The number of rotatable bonds is 4. The first-order valence-corrected chi connectivity index (χ1v) is 8.02. The van der Waals surface area contributed by atoms with Crippen molar-refractivity contribution in [1.29, 1.82) is 0 Å². The third-order valence-corrected chi connectivity index (χ3v) is 3.97. The zero-order chi connectivity index (χ0) is 15.8. The number of hydrogen-bond donors (Lipinski definition) is 1. The van der Waals surface area contributed by atoms with E-state index in [-0.39, 0.29) is 5.41 Å². The van der Waals surface area contributed by atoms with Gasteiger partial charge in [-0.2, -0.15) is 0 Å². The Hall–Kier alpha value is -1.28. The third-order valence-electron chi connectivity index (χ3n) is 3.97. The zero-order valence-corrected chi connectivity index (χ0v) is 14.6. The first kappa shape index (κ1) is 16.1. The lowest BCUT2D eigenvalue weighted by Gasteiger charge is -2.20. The first-order chi connectivity index (χ1) is 9.75. The summed E-state index contributed by atoms with van der Waals surface area (Å²) in [5, 5.41) is 4.69. The van der Waals surface area contributed by atoms with Gasteiger partial charge in [-0.25, -0.2) is 0 Å². The summed E-state index contributed by atoms with van der Waals surface area (Å²) in [6.07, 6.45) is 0. The molecule has 0 bridgehead atoms. The van der Waals surface area contributed by atoms with Crippen LogP contribution in [0.3, 0.4) is 0 Å². The molecule has 2 nitrogen and oxygen atoms in total. The van der Waals surface area contributed by atoms with Gasteiger partial charge in [0, 0.05) is 16.5 Å². The monoisotopic (exact) mass is 287 g/mol. The molecule has 1 aromatic carbocycles. The van der Waals surface area contributed by atoms with Crippen molar-refractivity contribution in [1.82, 2.24) is 5.32 Å². The van der Waals surface area contributed by atoms with Gasteiger partial charge in [0.15, 0.2) is 0 Å². The Balaban J connectivity index is 2.74. The number of benzene rings is 1. The predicted molar refractivity (Wildman–Crippen MR) is 91.1 cm³/mol. The summed E-state index contributed by atoms with van der Waals surface area (Å²) in [6, 6.07) is 4.55. The number of hydrogen-bond acceptors (Lipinski definition) is 2. The maximum absolute atomic E-state index is 6.31. The molecule has 0 saturated carbocycles. The van der Waals surface area contributed by atoms with E-state index in [2.05, 4.69) is 65.9 Å². The highest BCUT2D eigenvalue weighted by atomic mass is 16.3. The Morgan fingerprint density at radius 1 is 1.19 bits per heavy atom. The van der Waals surface area contributed by atoms with Crippen LogP contribution in [0.25, 0.3) is 11.0 Å². The minimum Gasteiger partial charge on any atom is -0.459 e. The van der Waals surface area contributed by atoms with Crippen molar-refractivity contribution in [3.8, 4) is 0 Å². The minimum atomic E-state index is 0.0891. The van der Waals surface area contributed by atoms with Crippen LogP contribution in [0.4, 0.5) is 0 Å². The standard InChI is InChI=1S/C19H29NO/c1-8-20-11-16-17(12(2)3)14-9-13(4)10-15(18(14)21-16)19(5,6)7/h9-10,12,20H,8,11H2,1-7H3. The van der Waals surface area contributed by atoms with Gasteiger partial charge in [0.25, 0.3) is 0 Å². The minimum absolute atomic E-state index is 0.0891. The highest BCUT2D eigenvalue weighted by Crippen LogP contribution is 2.38. The van der Waals surface area contributed by atoms with Crippen molar-refractivity contribution < 1.29 is 4.42 Å². The van der Waals surface area contributed by atoms with Gasteiger partial charge in [0.2, 0.25) is 0 Å². The second kappa shape index (κ2) is 5.84. The molecule has 0 saturated heterocycles. The van der Waals surface area contributed by atoms with E-state index in [9.17, 15) is 0 Å². The average Bonchev–Trinajstić information content (AvgIpc) is 2.72. The van der Waals surface area contributed by atoms with E-state index in [1.807, 2.05) is 0 Å². The third kappa shape index (κ3) is 3.16. The first-order valence-electron chi connectivity index (χ1n) is 8.02. The van der Waals surface area contributed by atoms with E-state index >= 15 is 0 Å². The second-order valence-corrected chi connectivity index (χ2v) is 7.31. The van der Waals surface area contributed by atoms with E-state index in [0.717, 1.165) is 24.4 Å². The van der Waals surface area contributed by atoms with Crippen molar-refractivity contribution in [2.45, 2.75) is 66.3 Å². The van der Waals surface area contributed by atoms with Crippen LogP contribution in [-0.2, 0) is 12.0 Å². The molecule has 0 unspecified atom stereocenters. The fraction of sp³-hybridized carbons (Fsp3) is 0.579. The van der Waals surface area contributed by atoms with Crippen molar-refractivity contribution in [3.05, 3.63) is 34.6 Å². The molecule has 0 aliphatic heterocycles. The Kier molecular flexibility index (Phi) is 4.48. The fourth-order valence-corrected chi connectivity index (χ4v) is 2.97. The Morgan fingerprint density at radius 2 is 1.86 bits per heavy atom. The SMILES string of the molecule is CCNCc1oc2c(C(C)(C)C)cc(C)cc2c1C(C)C. The van der Waals surface area contributed by atoms with Crippen LogP contribution in [0.5, 0.6) is 0 Å². The molecule has 21 heavy (non-hydrogen) atoms. The van der Waals surface area contributed by atoms with Gasteiger partial charge in [-0.05, 0) is 36.4 Å². The van der Waals surface area contributed by atoms with Crippen LogP contribution in [0.2, 0.25) is 0 Å². The maximum atomic E-state index is 6.31. The van der Waals surface area contributed by atoms with Crippen molar-refractivity contribution in [2.75, 3.05) is 6.54 Å². The van der Waals surface area contributed by atoms with Crippen LogP contribution in [-0.4, -0.2) is 6.54 Å². The maximum Gasteiger partial charge on any atom is 0.138 e. The van der Waals surface area contributed by atoms with Crippen molar-refractivity contribution >= 4 is 11.0 Å². The van der Waals surface area contributed by atoms with E-state index in [1.165, 1.54) is 22.1 Å². The van der Waals surface area contributed by atoms with E-state index in [0.29, 0.717) is 5.92 Å². The summed E-state index contributed by atoms with van der Waals surface area (Å²) >= 11 is 0. The van der Waals surface area contributed by atoms with Gasteiger partial charge in [0.1, 0.15) is 11.3 Å². The summed E-state index contributed by atoms with van der Waals surface area (Å²) in [7, 11) is 0. The summed E-state index contributed by atoms with van der Waals surface area (Å²) < 4.78 is 6.31. The summed E-state index contributed by atoms with van der Waals surface area (Å²) in [6.45, 7) is 17.3. The summed E-state index contributed by atoms with van der Waals surface area (Å²) in [5.41, 5.74) is 5.14. The summed E-state index contributed by atoms with van der Waals surface area (Å²) in [5.74, 6) is 1.56. The number of nitrogens with one attached hydrogen (secondary N) is 1. The molecule has 0 spiro atoms. The van der Waals surface area contributed by atoms with E-state index in [1.54, 1.807) is 0 Å². The molecule has 2 rings (SSSR count). The molecule has 0 atom stereocenters. The topological polar surface area (TPSA) is 25.2 Å². The van der Waals surface area contributed by atoms with Gasteiger partial charge < -0.3 is 9.73 Å². The number of furan rings is 1. The largest absolute Gasteiger partial charge is 0.459 e. The van der Waals surface area contributed by atoms with Crippen LogP contribution < -0.4 is 5.32 Å².